The molecule has 1 aliphatic heterocycles. The molecule has 5 rings (SSSR count). The Morgan fingerprint density at radius 2 is 1.84 bits per heavy atom. The summed E-state index contributed by atoms with van der Waals surface area (Å²) in [6.07, 6.45) is 18.6. The van der Waals surface area contributed by atoms with Gasteiger partial charge in [0.2, 0.25) is 0 Å². The molecule has 38 heavy (non-hydrogen) atoms. The summed E-state index contributed by atoms with van der Waals surface area (Å²) >= 11 is 0. The Bertz CT molecular complexity index is 906. The quantitative estimate of drug-likeness (QED) is 0.190. The molecule has 0 spiro atoms. The molecule has 3 saturated carbocycles. The van der Waals surface area contributed by atoms with Crippen molar-refractivity contribution in [3.05, 3.63) is 11.6 Å². The van der Waals surface area contributed by atoms with Crippen LogP contribution in [0.4, 0.5) is 0 Å². The van der Waals surface area contributed by atoms with Crippen LogP contribution in [0.1, 0.15) is 125 Å². The molecule has 0 bridgehead atoms. The van der Waals surface area contributed by atoms with E-state index in [2.05, 4.69) is 40.7 Å². The third kappa shape index (κ3) is 5.24. The Kier molecular flexibility index (Phi) is 8.38. The van der Waals surface area contributed by atoms with Gasteiger partial charge in [-0.25, -0.2) is 0 Å². The summed E-state index contributed by atoms with van der Waals surface area (Å²) < 4.78 is 11.2. The molecule has 0 N–H and O–H groups in total. The Labute approximate surface area is 232 Å². The number of carbonyl (C=O) groups excluding carboxylic acids is 2. The molecule has 4 fully saturated rings. The number of allylic oxidation sites excluding steroid dienone is 1. The zero-order chi connectivity index (χ0) is 27.1. The second kappa shape index (κ2) is 11.3. The van der Waals surface area contributed by atoms with E-state index in [0.29, 0.717) is 18.4 Å². The molecule has 4 unspecified atom stereocenters. The van der Waals surface area contributed by atoms with Gasteiger partial charge >= 0.3 is 11.9 Å². The summed E-state index contributed by atoms with van der Waals surface area (Å²) in [7, 11) is 0. The predicted octanol–water partition coefficient (Wildman–Crippen LogP) is 8.28. The number of rotatable bonds is 7. The van der Waals surface area contributed by atoms with E-state index < -0.39 is 5.92 Å². The van der Waals surface area contributed by atoms with E-state index in [1.165, 1.54) is 56.9 Å². The minimum Gasteiger partial charge on any atom is -0.465 e. The van der Waals surface area contributed by atoms with Crippen LogP contribution in [0, 0.1) is 52.3 Å². The predicted molar refractivity (Wildman–Crippen MR) is 151 cm³/mol. The first-order chi connectivity index (χ1) is 18.1. The molecule has 214 valence electrons. The van der Waals surface area contributed by atoms with E-state index in [0.717, 1.165) is 67.6 Å². The lowest BCUT2D eigenvalue weighted by Gasteiger charge is -2.58. The molecule has 1 saturated heterocycles. The van der Waals surface area contributed by atoms with Crippen LogP contribution in [0.2, 0.25) is 0 Å². The SMILES string of the molecule is CC(C)CCC[C@@H](C)[C@H]1CCC2[C@H]3CC=C4CC(OC(=O)C5CCCCOC5=O)CC[C@]4(C)C3CC[C@@]21C. The largest absolute Gasteiger partial charge is 0.465 e. The van der Waals surface area contributed by atoms with Gasteiger partial charge in [-0.05, 0) is 111 Å². The minimum absolute atomic E-state index is 0.0918. The maximum atomic E-state index is 12.9. The van der Waals surface area contributed by atoms with Crippen LogP contribution in [0.5, 0.6) is 0 Å². The fourth-order valence-corrected chi connectivity index (χ4v) is 10.1. The number of cyclic esters (lactones) is 1. The van der Waals surface area contributed by atoms with Gasteiger partial charge in [0.05, 0.1) is 6.61 Å². The van der Waals surface area contributed by atoms with E-state index in [-0.39, 0.29) is 23.5 Å². The van der Waals surface area contributed by atoms with E-state index in [4.69, 9.17) is 9.47 Å². The number of esters is 2. The first-order valence-corrected chi connectivity index (χ1v) is 16.2. The first kappa shape index (κ1) is 28.2. The van der Waals surface area contributed by atoms with Crippen molar-refractivity contribution in [2.45, 2.75) is 131 Å². The standard InChI is InChI=1S/C34H54O4/c1-22(2)9-8-10-23(3)28-14-15-29-26-13-12-24-21-25(38-32(36)27-11-6-7-20-37-31(27)35)16-18-33(24,4)30(26)17-19-34(28,29)5/h12,22-23,25-30H,6-11,13-21H2,1-5H3/t23-,25?,26-,27?,28-,29?,30?,33+,34-/m1/s1. The third-order valence-corrected chi connectivity index (χ3v) is 12.2. The van der Waals surface area contributed by atoms with Crippen molar-refractivity contribution in [2.75, 3.05) is 6.61 Å². The van der Waals surface area contributed by atoms with Gasteiger partial charge in [-0.1, -0.05) is 65.5 Å². The summed E-state index contributed by atoms with van der Waals surface area (Å²) in [4.78, 5) is 25.2. The molecule has 4 heteroatoms. The average molecular weight is 527 g/mol. The van der Waals surface area contributed by atoms with Crippen molar-refractivity contribution in [3.63, 3.8) is 0 Å². The fourth-order valence-electron chi connectivity index (χ4n) is 10.1. The fraction of sp³-hybridized carbons (Fsp3) is 0.882. The molecular formula is C34H54O4. The molecule has 4 nitrogen and oxygen atoms in total. The third-order valence-electron chi connectivity index (χ3n) is 12.2. The zero-order valence-electron chi connectivity index (χ0n) is 24.9. The maximum absolute atomic E-state index is 12.9. The van der Waals surface area contributed by atoms with Crippen LogP contribution in [0.15, 0.2) is 11.6 Å². The van der Waals surface area contributed by atoms with Crippen molar-refractivity contribution in [1.29, 1.82) is 0 Å². The molecule has 4 aliphatic carbocycles. The molecule has 0 aromatic carbocycles. The van der Waals surface area contributed by atoms with Crippen molar-refractivity contribution in [2.24, 2.45) is 52.3 Å². The van der Waals surface area contributed by atoms with Gasteiger partial charge in [0, 0.05) is 6.42 Å². The van der Waals surface area contributed by atoms with E-state index in [1.807, 2.05) is 0 Å². The number of ether oxygens (including phenoxy) is 2. The lowest BCUT2D eigenvalue weighted by atomic mass is 9.47. The number of carbonyl (C=O) groups is 2. The van der Waals surface area contributed by atoms with Gasteiger partial charge in [-0.3, -0.25) is 9.59 Å². The summed E-state index contributed by atoms with van der Waals surface area (Å²) in [5.41, 5.74) is 2.29. The van der Waals surface area contributed by atoms with Crippen LogP contribution in [-0.2, 0) is 19.1 Å². The van der Waals surface area contributed by atoms with E-state index in [9.17, 15) is 9.59 Å². The van der Waals surface area contributed by atoms with Gasteiger partial charge < -0.3 is 9.47 Å². The number of hydrogen-bond acceptors (Lipinski definition) is 4. The van der Waals surface area contributed by atoms with E-state index >= 15 is 0 Å². The summed E-state index contributed by atoms with van der Waals surface area (Å²) in [5, 5.41) is 0. The van der Waals surface area contributed by atoms with Gasteiger partial charge in [-0.15, -0.1) is 0 Å². The Morgan fingerprint density at radius 1 is 1.03 bits per heavy atom. The second-order valence-electron chi connectivity index (χ2n) is 14.8. The maximum Gasteiger partial charge on any atom is 0.320 e. The highest BCUT2D eigenvalue weighted by Crippen LogP contribution is 2.67. The van der Waals surface area contributed by atoms with Crippen LogP contribution in [0.25, 0.3) is 0 Å². The van der Waals surface area contributed by atoms with Gasteiger partial charge in [0.1, 0.15) is 6.10 Å². The number of fused-ring (bicyclic) bond motifs is 5. The molecule has 0 radical (unpaired) electrons. The van der Waals surface area contributed by atoms with Crippen molar-refractivity contribution in [1.82, 2.24) is 0 Å². The lowest BCUT2D eigenvalue weighted by Crippen LogP contribution is -2.51. The zero-order valence-corrected chi connectivity index (χ0v) is 24.9. The summed E-state index contributed by atoms with van der Waals surface area (Å²) in [6.45, 7) is 12.9. The molecular weight excluding hydrogens is 472 g/mol. The molecule has 0 aromatic heterocycles. The van der Waals surface area contributed by atoms with Crippen molar-refractivity contribution in [3.8, 4) is 0 Å². The van der Waals surface area contributed by atoms with Gasteiger partial charge in [0.15, 0.2) is 5.92 Å². The average Bonchev–Trinajstić information content (AvgIpc) is 3.08. The first-order valence-electron chi connectivity index (χ1n) is 16.2. The van der Waals surface area contributed by atoms with Crippen LogP contribution < -0.4 is 0 Å². The Hall–Kier alpha value is -1.32. The number of hydrogen-bond donors (Lipinski definition) is 0. The Balaban J connectivity index is 1.23. The topological polar surface area (TPSA) is 52.6 Å². The van der Waals surface area contributed by atoms with E-state index in [1.54, 1.807) is 0 Å². The van der Waals surface area contributed by atoms with Crippen LogP contribution in [-0.4, -0.2) is 24.6 Å². The van der Waals surface area contributed by atoms with Crippen molar-refractivity contribution < 1.29 is 19.1 Å². The highest BCUT2D eigenvalue weighted by Gasteiger charge is 2.59. The molecule has 1 heterocycles. The summed E-state index contributed by atoms with van der Waals surface area (Å²) in [5.74, 6) is 3.54. The lowest BCUT2D eigenvalue weighted by molar-refractivity contribution is -0.166. The van der Waals surface area contributed by atoms with Gasteiger partial charge in [-0.2, -0.15) is 0 Å². The second-order valence-corrected chi connectivity index (χ2v) is 14.8. The molecule has 9 atom stereocenters. The minimum atomic E-state index is -0.727. The molecule has 5 aliphatic rings. The monoisotopic (exact) mass is 526 g/mol. The highest BCUT2D eigenvalue weighted by molar-refractivity contribution is 5.95. The Morgan fingerprint density at radius 3 is 2.63 bits per heavy atom. The smallest absolute Gasteiger partial charge is 0.320 e. The normalized spacial score (nSPS) is 41.7. The summed E-state index contributed by atoms with van der Waals surface area (Å²) in [6, 6.07) is 0. The molecule has 0 amide bonds. The van der Waals surface area contributed by atoms with Crippen LogP contribution >= 0.6 is 0 Å². The van der Waals surface area contributed by atoms with Crippen molar-refractivity contribution >= 4 is 11.9 Å². The van der Waals surface area contributed by atoms with Crippen LogP contribution in [0.3, 0.4) is 0 Å². The molecule has 0 aromatic rings. The van der Waals surface area contributed by atoms with Gasteiger partial charge in [0.25, 0.3) is 0 Å². The highest BCUT2D eigenvalue weighted by atomic mass is 16.6.